The van der Waals surface area contributed by atoms with Crippen molar-refractivity contribution in [1.29, 1.82) is 0 Å². The molecule has 0 saturated heterocycles. The highest BCUT2D eigenvalue weighted by Gasteiger charge is 1.98. The highest BCUT2D eigenvalue weighted by Crippen LogP contribution is 2.07. The monoisotopic (exact) mass is 212 g/mol. The van der Waals surface area contributed by atoms with Crippen molar-refractivity contribution in [1.82, 2.24) is 5.32 Å². The van der Waals surface area contributed by atoms with E-state index in [4.69, 9.17) is 5.73 Å². The van der Waals surface area contributed by atoms with Crippen LogP contribution in [0.3, 0.4) is 0 Å². The summed E-state index contributed by atoms with van der Waals surface area (Å²) in [6, 6.07) is 2.12. The third-order valence-corrected chi connectivity index (χ3v) is 2.65. The number of amides is 1. The fraction of sp³-hybridized carbons (Fsp3) is 0.500. The molecule has 1 amide bonds. The van der Waals surface area contributed by atoms with Crippen LogP contribution in [0.1, 0.15) is 18.4 Å². The van der Waals surface area contributed by atoms with E-state index in [1.807, 2.05) is 0 Å². The molecule has 1 aromatic heterocycles. The second kappa shape index (κ2) is 6.56. The van der Waals surface area contributed by atoms with E-state index in [1.165, 1.54) is 5.56 Å². The third-order valence-electron chi connectivity index (χ3n) is 1.92. The highest BCUT2D eigenvalue weighted by atomic mass is 32.1. The van der Waals surface area contributed by atoms with Crippen molar-refractivity contribution in [2.45, 2.75) is 19.3 Å². The molecule has 0 saturated carbocycles. The highest BCUT2D eigenvalue weighted by molar-refractivity contribution is 7.07. The Morgan fingerprint density at radius 2 is 2.43 bits per heavy atom. The molecule has 3 nitrogen and oxygen atoms in total. The molecule has 1 aromatic rings. The van der Waals surface area contributed by atoms with Crippen molar-refractivity contribution in [2.24, 2.45) is 5.73 Å². The van der Waals surface area contributed by atoms with Crippen molar-refractivity contribution in [3.63, 3.8) is 0 Å². The molecule has 1 rings (SSSR count). The van der Waals surface area contributed by atoms with Crippen LogP contribution < -0.4 is 11.1 Å². The number of nitrogens with two attached hydrogens (primary N) is 1. The first kappa shape index (κ1) is 11.2. The first-order chi connectivity index (χ1) is 6.83. The topological polar surface area (TPSA) is 55.1 Å². The minimum atomic E-state index is 0.0535. The van der Waals surface area contributed by atoms with Gasteiger partial charge in [-0.2, -0.15) is 11.3 Å². The van der Waals surface area contributed by atoms with Gasteiger partial charge in [-0.1, -0.05) is 0 Å². The van der Waals surface area contributed by atoms with E-state index in [1.54, 1.807) is 11.3 Å². The van der Waals surface area contributed by atoms with Crippen LogP contribution in [0.5, 0.6) is 0 Å². The Kier molecular flexibility index (Phi) is 5.25. The summed E-state index contributed by atoms with van der Waals surface area (Å²) in [6.45, 7) is 1.17. The number of hydrogen-bond acceptors (Lipinski definition) is 3. The number of hydrogen-bond donors (Lipinski definition) is 2. The van der Waals surface area contributed by atoms with E-state index in [-0.39, 0.29) is 5.91 Å². The summed E-state index contributed by atoms with van der Waals surface area (Å²) in [5, 5.41) is 7.04. The predicted molar refractivity (Wildman–Crippen MR) is 59.3 cm³/mol. The van der Waals surface area contributed by atoms with Crippen LogP contribution in [0.2, 0.25) is 0 Å². The van der Waals surface area contributed by atoms with Crippen LogP contribution in [-0.4, -0.2) is 19.0 Å². The molecule has 0 atom stereocenters. The van der Waals surface area contributed by atoms with Crippen molar-refractivity contribution >= 4 is 17.2 Å². The van der Waals surface area contributed by atoms with Crippen molar-refractivity contribution in [3.8, 4) is 0 Å². The molecule has 0 spiro atoms. The summed E-state index contributed by atoms with van der Waals surface area (Å²) in [4.78, 5) is 11.0. The molecule has 0 radical (unpaired) electrons. The summed E-state index contributed by atoms with van der Waals surface area (Å²) in [7, 11) is 0. The average molecular weight is 212 g/mol. The summed E-state index contributed by atoms with van der Waals surface area (Å²) in [6.07, 6.45) is 2.46. The Labute approximate surface area is 88.3 Å². The molecule has 0 unspecified atom stereocenters. The van der Waals surface area contributed by atoms with E-state index in [9.17, 15) is 4.79 Å². The number of nitrogens with one attached hydrogen (secondary N) is 1. The maximum absolute atomic E-state index is 11.0. The Hall–Kier alpha value is -0.870. The first-order valence-electron chi connectivity index (χ1n) is 4.81. The van der Waals surface area contributed by atoms with Gasteiger partial charge in [-0.25, -0.2) is 0 Å². The van der Waals surface area contributed by atoms with Crippen molar-refractivity contribution in [3.05, 3.63) is 22.4 Å². The molecule has 0 aliphatic rings. The van der Waals surface area contributed by atoms with E-state index >= 15 is 0 Å². The lowest BCUT2D eigenvalue weighted by Gasteiger charge is -2.02. The Morgan fingerprint density at radius 1 is 1.57 bits per heavy atom. The zero-order valence-corrected chi connectivity index (χ0v) is 8.98. The summed E-state index contributed by atoms with van der Waals surface area (Å²) in [5.41, 5.74) is 6.60. The Balaban J connectivity index is 2.02. The Bertz CT molecular complexity index is 259. The van der Waals surface area contributed by atoms with Gasteiger partial charge < -0.3 is 11.1 Å². The van der Waals surface area contributed by atoms with Gasteiger partial charge in [0.1, 0.15) is 0 Å². The fourth-order valence-electron chi connectivity index (χ4n) is 1.17. The van der Waals surface area contributed by atoms with E-state index < -0.39 is 0 Å². The van der Waals surface area contributed by atoms with Crippen molar-refractivity contribution < 1.29 is 4.79 Å². The van der Waals surface area contributed by atoms with Crippen LogP contribution >= 0.6 is 11.3 Å². The van der Waals surface area contributed by atoms with Crippen molar-refractivity contribution in [2.75, 3.05) is 13.1 Å². The van der Waals surface area contributed by atoms with Crippen LogP contribution in [0, 0.1) is 0 Å². The minimum Gasteiger partial charge on any atom is -0.356 e. The van der Waals surface area contributed by atoms with Crippen LogP contribution in [0.25, 0.3) is 0 Å². The zero-order valence-electron chi connectivity index (χ0n) is 8.16. The molecule has 3 N–H and O–H groups in total. The lowest BCUT2D eigenvalue weighted by Crippen LogP contribution is -2.26. The molecule has 1 heterocycles. The van der Waals surface area contributed by atoms with Crippen LogP contribution in [0.15, 0.2) is 16.8 Å². The minimum absolute atomic E-state index is 0.0535. The maximum atomic E-state index is 11.0. The number of carbonyl (C=O) groups excluding carboxylic acids is 1. The molecular formula is C10H16N2OS. The first-order valence-corrected chi connectivity index (χ1v) is 5.75. The molecule has 0 aliphatic carbocycles. The SMILES string of the molecule is NCCC(=O)NCCCc1ccsc1. The summed E-state index contributed by atoms with van der Waals surface area (Å²) >= 11 is 1.71. The second-order valence-corrected chi connectivity index (χ2v) is 3.90. The van der Waals surface area contributed by atoms with E-state index in [2.05, 4.69) is 22.1 Å². The molecule has 4 heteroatoms. The Morgan fingerprint density at radius 3 is 3.07 bits per heavy atom. The van der Waals surface area contributed by atoms with Gasteiger partial charge in [0.25, 0.3) is 0 Å². The standard InChI is InChI=1S/C10H16N2OS/c11-5-3-10(13)12-6-1-2-9-4-7-14-8-9/h4,7-8H,1-3,5-6,11H2,(H,12,13). The number of thiophene rings is 1. The largest absolute Gasteiger partial charge is 0.356 e. The molecule has 0 fully saturated rings. The second-order valence-electron chi connectivity index (χ2n) is 3.12. The van der Waals surface area contributed by atoms with Gasteiger partial charge in [-0.3, -0.25) is 4.79 Å². The predicted octanol–water partition coefficient (Wildman–Crippen LogP) is 1.15. The lowest BCUT2D eigenvalue weighted by molar-refractivity contribution is -0.120. The zero-order chi connectivity index (χ0) is 10.2. The molecule has 78 valence electrons. The van der Waals surface area contributed by atoms with Crippen LogP contribution in [0.4, 0.5) is 0 Å². The summed E-state index contributed by atoms with van der Waals surface area (Å²) in [5.74, 6) is 0.0535. The molecule has 0 aliphatic heterocycles. The smallest absolute Gasteiger partial charge is 0.221 e. The van der Waals surface area contributed by atoms with Gasteiger partial charge in [0.15, 0.2) is 0 Å². The number of aryl methyl sites for hydroxylation is 1. The number of carbonyl (C=O) groups is 1. The van der Waals surface area contributed by atoms with Gasteiger partial charge in [-0.15, -0.1) is 0 Å². The average Bonchev–Trinajstić information content (AvgIpc) is 2.65. The molecule has 14 heavy (non-hydrogen) atoms. The summed E-state index contributed by atoms with van der Waals surface area (Å²) < 4.78 is 0. The molecule has 0 aromatic carbocycles. The van der Waals surface area contributed by atoms with Gasteiger partial charge in [0.2, 0.25) is 5.91 Å². The lowest BCUT2D eigenvalue weighted by atomic mass is 10.2. The normalized spacial score (nSPS) is 10.1. The van der Waals surface area contributed by atoms with Gasteiger partial charge in [0, 0.05) is 19.5 Å². The van der Waals surface area contributed by atoms with E-state index in [0.29, 0.717) is 13.0 Å². The number of rotatable bonds is 6. The third kappa shape index (κ3) is 4.39. The molecular weight excluding hydrogens is 196 g/mol. The van der Waals surface area contributed by atoms with Gasteiger partial charge >= 0.3 is 0 Å². The van der Waals surface area contributed by atoms with Crippen LogP contribution in [-0.2, 0) is 11.2 Å². The fourth-order valence-corrected chi connectivity index (χ4v) is 1.88. The van der Waals surface area contributed by atoms with E-state index in [0.717, 1.165) is 19.4 Å². The molecule has 0 bridgehead atoms. The van der Waals surface area contributed by atoms with Gasteiger partial charge in [0.05, 0.1) is 0 Å². The quantitative estimate of drug-likeness (QED) is 0.695. The maximum Gasteiger partial charge on any atom is 0.221 e. The van der Waals surface area contributed by atoms with Gasteiger partial charge in [-0.05, 0) is 35.2 Å².